The van der Waals surface area contributed by atoms with Gasteiger partial charge in [-0.05, 0) is 50.0 Å². The Morgan fingerprint density at radius 2 is 1.53 bits per heavy atom. The second-order valence-corrected chi connectivity index (χ2v) is 6.34. The van der Waals surface area contributed by atoms with Crippen molar-refractivity contribution in [3.63, 3.8) is 0 Å². The van der Waals surface area contributed by atoms with Crippen molar-refractivity contribution < 1.29 is 0 Å². The van der Waals surface area contributed by atoms with Crippen LogP contribution in [0.4, 0.5) is 0 Å². The Bertz CT molecular complexity index is 202. The van der Waals surface area contributed by atoms with E-state index in [9.17, 15) is 0 Å². The first-order chi connectivity index (χ1) is 8.35. The van der Waals surface area contributed by atoms with Crippen LogP contribution in [0.2, 0.25) is 0 Å². The van der Waals surface area contributed by atoms with Crippen LogP contribution in [0, 0.1) is 17.8 Å². The van der Waals surface area contributed by atoms with Crippen molar-refractivity contribution in [2.24, 2.45) is 17.8 Å². The number of nitrogens with one attached hydrogen (secondary N) is 1. The lowest BCUT2D eigenvalue weighted by molar-refractivity contribution is 0.200. The van der Waals surface area contributed by atoms with Crippen LogP contribution in [-0.2, 0) is 0 Å². The van der Waals surface area contributed by atoms with Crippen molar-refractivity contribution >= 4 is 0 Å². The average Bonchev–Trinajstić information content (AvgIpc) is 3.18. The molecular weight excluding hydrogens is 206 g/mol. The molecule has 0 radical (unpaired) electrons. The van der Waals surface area contributed by atoms with Gasteiger partial charge < -0.3 is 5.32 Å². The first-order valence-corrected chi connectivity index (χ1v) is 8.08. The third-order valence-electron chi connectivity index (χ3n) is 4.93. The molecule has 1 N–H and O–H groups in total. The summed E-state index contributed by atoms with van der Waals surface area (Å²) in [4.78, 5) is 0. The molecule has 0 aliphatic heterocycles. The second-order valence-electron chi connectivity index (χ2n) is 6.34. The van der Waals surface area contributed by atoms with Crippen LogP contribution in [0.1, 0.15) is 71.6 Å². The SMILES string of the molecule is CCCCC1CCC(C(NCC)C2CC2)CC1. The molecule has 2 saturated carbocycles. The molecule has 0 aromatic heterocycles. The number of hydrogen-bond donors (Lipinski definition) is 1. The molecule has 0 heterocycles. The summed E-state index contributed by atoms with van der Waals surface area (Å²) in [6.07, 6.45) is 13.3. The highest BCUT2D eigenvalue weighted by Gasteiger charge is 2.37. The van der Waals surface area contributed by atoms with Crippen LogP contribution in [0.5, 0.6) is 0 Å². The lowest BCUT2D eigenvalue weighted by Crippen LogP contribution is -2.39. The minimum Gasteiger partial charge on any atom is -0.314 e. The minimum atomic E-state index is 0.868. The predicted octanol–water partition coefficient (Wildman–Crippen LogP) is 4.37. The van der Waals surface area contributed by atoms with Gasteiger partial charge in [0, 0.05) is 6.04 Å². The van der Waals surface area contributed by atoms with Crippen molar-refractivity contribution in [3.05, 3.63) is 0 Å². The van der Waals surface area contributed by atoms with E-state index in [4.69, 9.17) is 0 Å². The van der Waals surface area contributed by atoms with Crippen LogP contribution >= 0.6 is 0 Å². The van der Waals surface area contributed by atoms with Crippen LogP contribution < -0.4 is 5.32 Å². The molecule has 2 aliphatic carbocycles. The molecule has 1 nitrogen and oxygen atoms in total. The van der Waals surface area contributed by atoms with Crippen LogP contribution in [0.3, 0.4) is 0 Å². The quantitative estimate of drug-likeness (QED) is 0.693. The molecule has 2 aliphatic rings. The maximum absolute atomic E-state index is 3.77. The lowest BCUT2D eigenvalue weighted by Gasteiger charge is -2.34. The number of unbranched alkanes of at least 4 members (excludes halogenated alkanes) is 1. The maximum atomic E-state index is 3.77. The van der Waals surface area contributed by atoms with Gasteiger partial charge in [0.15, 0.2) is 0 Å². The van der Waals surface area contributed by atoms with Crippen molar-refractivity contribution in [1.29, 1.82) is 0 Å². The topological polar surface area (TPSA) is 12.0 Å². The highest BCUT2D eigenvalue weighted by molar-refractivity contribution is 4.92. The first-order valence-electron chi connectivity index (χ1n) is 8.08. The summed E-state index contributed by atoms with van der Waals surface area (Å²) in [5.41, 5.74) is 0. The van der Waals surface area contributed by atoms with Crippen molar-refractivity contribution in [1.82, 2.24) is 5.32 Å². The third kappa shape index (κ3) is 3.98. The Balaban J connectivity index is 1.72. The van der Waals surface area contributed by atoms with Crippen molar-refractivity contribution in [2.75, 3.05) is 6.54 Å². The van der Waals surface area contributed by atoms with Crippen molar-refractivity contribution in [2.45, 2.75) is 77.7 Å². The fourth-order valence-corrected chi connectivity index (χ4v) is 3.74. The Kier molecular flexibility index (Phi) is 5.34. The molecule has 100 valence electrons. The standard InChI is InChI=1S/C16H31N/c1-3-5-6-13-7-9-14(10-8-13)16(17-4-2)15-11-12-15/h13-17H,3-12H2,1-2H3. The first kappa shape index (κ1) is 13.4. The summed E-state index contributed by atoms with van der Waals surface area (Å²) in [7, 11) is 0. The molecule has 0 bridgehead atoms. The lowest BCUT2D eigenvalue weighted by atomic mass is 9.76. The molecule has 2 fully saturated rings. The smallest absolute Gasteiger partial charge is 0.0123 e. The predicted molar refractivity (Wildman–Crippen MR) is 75.2 cm³/mol. The largest absolute Gasteiger partial charge is 0.314 e. The van der Waals surface area contributed by atoms with Gasteiger partial charge in [-0.3, -0.25) is 0 Å². The van der Waals surface area contributed by atoms with Gasteiger partial charge >= 0.3 is 0 Å². The van der Waals surface area contributed by atoms with E-state index < -0.39 is 0 Å². The van der Waals surface area contributed by atoms with Crippen molar-refractivity contribution in [3.8, 4) is 0 Å². The Morgan fingerprint density at radius 3 is 2.00 bits per heavy atom. The van der Waals surface area contributed by atoms with Gasteiger partial charge in [-0.1, -0.05) is 46.0 Å². The fraction of sp³-hybridized carbons (Fsp3) is 1.00. The van der Waals surface area contributed by atoms with E-state index in [1.54, 1.807) is 0 Å². The molecule has 2 rings (SSSR count). The molecule has 0 saturated heterocycles. The zero-order valence-electron chi connectivity index (χ0n) is 11.9. The zero-order chi connectivity index (χ0) is 12.1. The minimum absolute atomic E-state index is 0.868. The van der Waals surface area contributed by atoms with E-state index >= 15 is 0 Å². The van der Waals surface area contributed by atoms with E-state index in [-0.39, 0.29) is 0 Å². The van der Waals surface area contributed by atoms with E-state index in [1.165, 1.54) is 57.8 Å². The van der Waals surface area contributed by atoms with Gasteiger partial charge in [0.1, 0.15) is 0 Å². The van der Waals surface area contributed by atoms with Gasteiger partial charge in [0.05, 0.1) is 0 Å². The fourth-order valence-electron chi connectivity index (χ4n) is 3.74. The van der Waals surface area contributed by atoms with Gasteiger partial charge in [-0.15, -0.1) is 0 Å². The summed E-state index contributed by atoms with van der Waals surface area (Å²) >= 11 is 0. The average molecular weight is 237 g/mol. The highest BCUT2D eigenvalue weighted by atomic mass is 14.9. The Hall–Kier alpha value is -0.0400. The normalized spacial score (nSPS) is 31.4. The monoisotopic (exact) mass is 237 g/mol. The molecule has 1 unspecified atom stereocenters. The van der Waals surface area contributed by atoms with E-state index in [2.05, 4.69) is 19.2 Å². The summed E-state index contributed by atoms with van der Waals surface area (Å²) in [6, 6.07) is 0.868. The summed E-state index contributed by atoms with van der Waals surface area (Å²) in [6.45, 7) is 5.75. The molecular formula is C16H31N. The summed E-state index contributed by atoms with van der Waals surface area (Å²) in [5, 5.41) is 3.77. The summed E-state index contributed by atoms with van der Waals surface area (Å²) in [5.74, 6) is 3.10. The van der Waals surface area contributed by atoms with Gasteiger partial charge in [-0.25, -0.2) is 0 Å². The van der Waals surface area contributed by atoms with Crippen LogP contribution in [0.25, 0.3) is 0 Å². The second kappa shape index (κ2) is 6.78. The molecule has 0 aromatic rings. The van der Waals surface area contributed by atoms with Gasteiger partial charge in [0.2, 0.25) is 0 Å². The van der Waals surface area contributed by atoms with Crippen LogP contribution in [0.15, 0.2) is 0 Å². The van der Waals surface area contributed by atoms with Crippen LogP contribution in [-0.4, -0.2) is 12.6 Å². The molecule has 17 heavy (non-hydrogen) atoms. The molecule has 0 aromatic carbocycles. The molecule has 1 heteroatoms. The van der Waals surface area contributed by atoms with E-state index in [1.807, 2.05) is 0 Å². The number of rotatable bonds is 7. The highest BCUT2D eigenvalue weighted by Crippen LogP contribution is 2.42. The van der Waals surface area contributed by atoms with E-state index in [0.29, 0.717) is 0 Å². The third-order valence-corrected chi connectivity index (χ3v) is 4.93. The zero-order valence-corrected chi connectivity index (χ0v) is 11.9. The van der Waals surface area contributed by atoms with E-state index in [0.717, 1.165) is 30.3 Å². The molecule has 1 atom stereocenters. The molecule has 0 spiro atoms. The van der Waals surface area contributed by atoms with Gasteiger partial charge in [-0.2, -0.15) is 0 Å². The summed E-state index contributed by atoms with van der Waals surface area (Å²) < 4.78 is 0. The van der Waals surface area contributed by atoms with Gasteiger partial charge in [0.25, 0.3) is 0 Å². The Labute approximate surface area is 108 Å². The number of hydrogen-bond acceptors (Lipinski definition) is 1. The Morgan fingerprint density at radius 1 is 0.941 bits per heavy atom. The molecule has 0 amide bonds. The maximum Gasteiger partial charge on any atom is 0.0123 e.